The molecule has 1 aliphatic rings. The van der Waals surface area contributed by atoms with Crippen LogP contribution in [0.4, 0.5) is 0 Å². The Kier molecular flexibility index (Phi) is 8.74. The molecule has 65 heavy (non-hydrogen) atoms. The molecule has 7 aromatic carbocycles. The number of fused-ring (bicyclic) bond motifs is 10. The van der Waals surface area contributed by atoms with Gasteiger partial charge in [-0.1, -0.05) is 161 Å². The second-order valence-electron chi connectivity index (χ2n) is 22.1. The van der Waals surface area contributed by atoms with Crippen LogP contribution in [0, 0.1) is 0 Å². The van der Waals surface area contributed by atoms with Crippen LogP contribution in [0.25, 0.3) is 93.8 Å². The predicted molar refractivity (Wildman–Crippen MR) is 275 cm³/mol. The van der Waals surface area contributed by atoms with Crippen molar-refractivity contribution in [3.05, 3.63) is 167 Å². The van der Waals surface area contributed by atoms with Gasteiger partial charge in [0.15, 0.2) is 0 Å². The summed E-state index contributed by atoms with van der Waals surface area (Å²) in [5.74, 6) is 0.238. The highest BCUT2D eigenvalue weighted by Gasteiger charge is 2.38. The first kappa shape index (κ1) is 41.0. The number of aromatic nitrogens is 3. The first-order chi connectivity index (χ1) is 30.8. The van der Waals surface area contributed by atoms with Crippen LogP contribution >= 0.6 is 0 Å². The van der Waals surface area contributed by atoms with Gasteiger partial charge in [0.1, 0.15) is 11.4 Å². The van der Waals surface area contributed by atoms with Crippen molar-refractivity contribution in [1.29, 1.82) is 0 Å². The van der Waals surface area contributed by atoms with E-state index in [0.29, 0.717) is 0 Å². The molecule has 0 spiro atoms. The van der Waals surface area contributed by atoms with E-state index in [1.165, 1.54) is 38.9 Å². The van der Waals surface area contributed by atoms with Gasteiger partial charge in [0, 0.05) is 33.5 Å². The summed E-state index contributed by atoms with van der Waals surface area (Å²) in [6.07, 6.45) is 1.97. The number of hydrogen-bond donors (Lipinski definition) is 1. The van der Waals surface area contributed by atoms with Gasteiger partial charge in [-0.3, -0.25) is 9.38 Å². The van der Waals surface area contributed by atoms with Crippen molar-refractivity contribution in [1.82, 2.24) is 14.4 Å². The van der Waals surface area contributed by atoms with Gasteiger partial charge in [0.05, 0.1) is 27.6 Å². The minimum Gasteiger partial charge on any atom is -0.507 e. The molecule has 3 aromatic heterocycles. The molecule has 0 bridgehead atoms. The Balaban J connectivity index is 1.28. The number of hydrogen-bond acceptors (Lipinski definition) is 3. The molecule has 11 rings (SSSR count). The highest BCUT2D eigenvalue weighted by Crippen LogP contribution is 2.54. The van der Waals surface area contributed by atoms with Gasteiger partial charge >= 0.3 is 0 Å². The molecule has 0 radical (unpaired) electrons. The van der Waals surface area contributed by atoms with Crippen LogP contribution in [0.3, 0.4) is 0 Å². The first-order valence-corrected chi connectivity index (χ1v) is 23.1. The van der Waals surface area contributed by atoms with Gasteiger partial charge in [-0.2, -0.15) is 0 Å². The number of aromatic hydroxyl groups is 1. The van der Waals surface area contributed by atoms with Crippen molar-refractivity contribution in [2.75, 3.05) is 0 Å². The maximum absolute atomic E-state index is 12.5. The molecule has 1 N–H and O–H groups in total. The Morgan fingerprint density at radius 3 is 1.94 bits per heavy atom. The van der Waals surface area contributed by atoms with E-state index in [4.69, 9.17) is 9.97 Å². The zero-order valence-electron chi connectivity index (χ0n) is 39.6. The summed E-state index contributed by atoms with van der Waals surface area (Å²) in [7, 11) is 0. The van der Waals surface area contributed by atoms with Crippen molar-refractivity contribution < 1.29 is 5.11 Å². The normalized spacial score (nSPS) is 14.0. The van der Waals surface area contributed by atoms with Crippen molar-refractivity contribution >= 4 is 49.1 Å². The Morgan fingerprint density at radius 1 is 0.508 bits per heavy atom. The van der Waals surface area contributed by atoms with Gasteiger partial charge in [-0.25, -0.2) is 4.98 Å². The van der Waals surface area contributed by atoms with Gasteiger partial charge < -0.3 is 5.11 Å². The molecular formula is C61H57N3O. The maximum Gasteiger partial charge on any atom is 0.150 e. The van der Waals surface area contributed by atoms with E-state index in [-0.39, 0.29) is 27.4 Å². The standard InChI is InChI=1S/C61H57N3O/c1-58(2,3)37-28-29-62-49(33-37)45-32-36(31-44-40-19-13-15-24-47(40)61(10,11)55(44)45)39-20-17-25-51-56(39)63-57-54-52(65)34-48(60(7,8)9)42-22-16-21-41(53(42)54)43-30-35(26-27-50(43)64(51)57)38-18-12-14-23-46(38)59(4,5)6/h12-34,65H,1-11H3. The number of imidazole rings is 1. The summed E-state index contributed by atoms with van der Waals surface area (Å²) in [5, 5.41) is 17.6. The number of phenols is 1. The molecule has 0 saturated heterocycles. The molecule has 10 aromatic rings. The lowest BCUT2D eigenvalue weighted by atomic mass is 9.78. The molecule has 4 heteroatoms. The van der Waals surface area contributed by atoms with Gasteiger partial charge in [-0.05, 0) is 131 Å². The van der Waals surface area contributed by atoms with Crippen LogP contribution in [0.1, 0.15) is 104 Å². The van der Waals surface area contributed by atoms with Crippen LogP contribution in [-0.2, 0) is 21.7 Å². The number of benzene rings is 7. The fraction of sp³-hybridized carbons (Fsp3) is 0.246. The Hall–Kier alpha value is -6.78. The number of para-hydroxylation sites is 1. The Morgan fingerprint density at radius 2 is 1.18 bits per heavy atom. The van der Waals surface area contributed by atoms with E-state index < -0.39 is 0 Å². The molecule has 0 saturated carbocycles. The Bertz CT molecular complexity index is 3640. The smallest absolute Gasteiger partial charge is 0.150 e. The molecule has 0 unspecified atom stereocenters. The predicted octanol–water partition coefficient (Wildman–Crippen LogP) is 16.2. The average Bonchev–Trinajstić information content (AvgIpc) is 3.72. The van der Waals surface area contributed by atoms with Crippen LogP contribution < -0.4 is 0 Å². The van der Waals surface area contributed by atoms with E-state index in [9.17, 15) is 5.11 Å². The molecule has 4 nitrogen and oxygen atoms in total. The summed E-state index contributed by atoms with van der Waals surface area (Å²) in [6, 6.07) is 48.9. The minimum absolute atomic E-state index is 0.0372. The lowest BCUT2D eigenvalue weighted by Crippen LogP contribution is -2.17. The fourth-order valence-corrected chi connectivity index (χ4v) is 11.1. The maximum atomic E-state index is 12.5. The summed E-state index contributed by atoms with van der Waals surface area (Å²) in [5.41, 5.74) is 18.5. The molecule has 0 atom stereocenters. The highest BCUT2D eigenvalue weighted by atomic mass is 16.3. The Labute approximate surface area is 382 Å². The molecule has 0 fully saturated rings. The monoisotopic (exact) mass is 847 g/mol. The van der Waals surface area contributed by atoms with Gasteiger partial charge in [-0.15, -0.1) is 0 Å². The second kappa shape index (κ2) is 13.9. The third-order valence-corrected chi connectivity index (χ3v) is 14.3. The van der Waals surface area contributed by atoms with Crippen LogP contribution in [-0.4, -0.2) is 19.5 Å². The minimum atomic E-state index is -0.234. The number of nitrogens with zero attached hydrogens (tertiary/aromatic N) is 3. The number of phenolic OH excluding ortho intramolecular Hbond substituents is 1. The largest absolute Gasteiger partial charge is 0.507 e. The van der Waals surface area contributed by atoms with E-state index in [1.807, 2.05) is 12.3 Å². The number of pyridine rings is 1. The number of rotatable bonds is 3. The van der Waals surface area contributed by atoms with E-state index >= 15 is 0 Å². The third-order valence-electron chi connectivity index (χ3n) is 14.3. The highest BCUT2D eigenvalue weighted by molar-refractivity contribution is 6.25. The zero-order valence-corrected chi connectivity index (χ0v) is 39.6. The van der Waals surface area contributed by atoms with Crippen molar-refractivity contribution in [3.8, 4) is 50.4 Å². The van der Waals surface area contributed by atoms with Crippen molar-refractivity contribution in [3.63, 3.8) is 0 Å². The topological polar surface area (TPSA) is 50.4 Å². The molecule has 1 aliphatic carbocycles. The molecule has 0 amide bonds. The van der Waals surface area contributed by atoms with Crippen molar-refractivity contribution in [2.45, 2.75) is 97.8 Å². The lowest BCUT2D eigenvalue weighted by molar-refractivity contribution is 0.478. The van der Waals surface area contributed by atoms with E-state index in [1.54, 1.807) is 0 Å². The lowest BCUT2D eigenvalue weighted by Gasteiger charge is -2.26. The van der Waals surface area contributed by atoms with Crippen molar-refractivity contribution in [2.24, 2.45) is 0 Å². The molecule has 0 aliphatic heterocycles. The summed E-state index contributed by atoms with van der Waals surface area (Å²) in [6.45, 7) is 25.0. The van der Waals surface area contributed by atoms with Crippen LogP contribution in [0.5, 0.6) is 5.75 Å². The summed E-state index contributed by atoms with van der Waals surface area (Å²) >= 11 is 0. The van der Waals surface area contributed by atoms with Crippen LogP contribution in [0.2, 0.25) is 0 Å². The third kappa shape index (κ3) is 6.17. The molecular weight excluding hydrogens is 791 g/mol. The second-order valence-corrected chi connectivity index (χ2v) is 22.1. The van der Waals surface area contributed by atoms with Gasteiger partial charge in [0.25, 0.3) is 0 Å². The van der Waals surface area contributed by atoms with Gasteiger partial charge in [0.2, 0.25) is 0 Å². The molecule has 3 heterocycles. The average molecular weight is 848 g/mol. The summed E-state index contributed by atoms with van der Waals surface area (Å²) in [4.78, 5) is 10.8. The van der Waals surface area contributed by atoms with Crippen LogP contribution in [0.15, 0.2) is 140 Å². The van der Waals surface area contributed by atoms with E-state index in [0.717, 1.165) is 82.6 Å². The summed E-state index contributed by atoms with van der Waals surface area (Å²) < 4.78 is 2.31. The fourth-order valence-electron chi connectivity index (χ4n) is 11.1. The quantitative estimate of drug-likeness (QED) is 0.193. The zero-order chi connectivity index (χ0) is 45.5. The van der Waals surface area contributed by atoms with E-state index in [2.05, 4.69) is 208 Å². The first-order valence-electron chi connectivity index (χ1n) is 23.1. The SMILES string of the molecule is CC(C)(C)c1ccnc(-c2cc(-c3cccc4c3nc3c5c(O)cc(C(C)(C)C)c6cccc(c7cc(-c8ccccc8C(C)(C)C)ccc7n43)c65)cc3c2C(C)(C)c2ccccc2-3)c1. The molecule has 322 valence electrons.